The summed E-state index contributed by atoms with van der Waals surface area (Å²) in [5.74, 6) is 0.689. The first-order valence-corrected chi connectivity index (χ1v) is 8.52. The van der Waals surface area contributed by atoms with Crippen LogP contribution in [0.25, 0.3) is 0 Å². The molecular formula is C16H27N3O. The van der Waals surface area contributed by atoms with Gasteiger partial charge in [0.25, 0.3) is 0 Å². The number of fused-ring (bicyclic) bond motifs is 1. The van der Waals surface area contributed by atoms with Gasteiger partial charge in [-0.3, -0.25) is 4.79 Å². The van der Waals surface area contributed by atoms with Crippen LogP contribution in [0.1, 0.15) is 44.9 Å². The second-order valence-electron chi connectivity index (χ2n) is 7.43. The maximum absolute atomic E-state index is 12.5. The molecule has 4 rings (SSSR count). The van der Waals surface area contributed by atoms with Crippen LogP contribution in [0.4, 0.5) is 0 Å². The molecule has 0 radical (unpaired) electrons. The fourth-order valence-electron chi connectivity index (χ4n) is 4.85. The number of rotatable bonds is 2. The van der Waals surface area contributed by atoms with Gasteiger partial charge in [-0.1, -0.05) is 0 Å². The van der Waals surface area contributed by atoms with Crippen LogP contribution < -0.4 is 10.6 Å². The molecular weight excluding hydrogens is 250 g/mol. The van der Waals surface area contributed by atoms with Crippen LogP contribution in [-0.2, 0) is 4.79 Å². The van der Waals surface area contributed by atoms with E-state index in [2.05, 4.69) is 15.5 Å². The van der Waals surface area contributed by atoms with E-state index < -0.39 is 0 Å². The van der Waals surface area contributed by atoms with E-state index in [1.807, 2.05) is 0 Å². The zero-order valence-electron chi connectivity index (χ0n) is 12.4. The third-order valence-corrected chi connectivity index (χ3v) is 6.27. The predicted molar refractivity (Wildman–Crippen MR) is 78.4 cm³/mol. The first kappa shape index (κ1) is 13.1. The lowest BCUT2D eigenvalue weighted by molar-refractivity contribution is -0.124. The summed E-state index contributed by atoms with van der Waals surface area (Å²) in [6, 6.07) is 1.20. The highest BCUT2D eigenvalue weighted by atomic mass is 16.2. The Bertz CT molecular complexity index is 391. The summed E-state index contributed by atoms with van der Waals surface area (Å²) in [5, 5.41) is 6.79. The van der Waals surface area contributed by atoms with Gasteiger partial charge in [-0.25, -0.2) is 0 Å². The van der Waals surface area contributed by atoms with E-state index in [1.54, 1.807) is 0 Å². The fourth-order valence-corrected chi connectivity index (χ4v) is 4.85. The molecule has 1 spiro atoms. The van der Waals surface area contributed by atoms with Gasteiger partial charge in [0.05, 0.1) is 0 Å². The van der Waals surface area contributed by atoms with Gasteiger partial charge in [-0.05, 0) is 70.0 Å². The summed E-state index contributed by atoms with van der Waals surface area (Å²) in [5.41, 5.74) is 0.378. The normalized spacial score (nSPS) is 39.5. The van der Waals surface area contributed by atoms with E-state index in [-0.39, 0.29) is 0 Å². The Balaban J connectivity index is 1.30. The Kier molecular flexibility index (Phi) is 3.26. The molecule has 0 aromatic rings. The Morgan fingerprint density at radius 2 is 2.05 bits per heavy atom. The summed E-state index contributed by atoms with van der Waals surface area (Å²) in [6.07, 6.45) is 8.58. The predicted octanol–water partition coefficient (Wildman–Crippen LogP) is 1.12. The van der Waals surface area contributed by atoms with Crippen LogP contribution >= 0.6 is 0 Å². The molecule has 3 aliphatic heterocycles. The molecule has 0 aromatic heterocycles. The summed E-state index contributed by atoms with van der Waals surface area (Å²) in [6.45, 7) is 4.67. The molecule has 4 fully saturated rings. The molecule has 20 heavy (non-hydrogen) atoms. The van der Waals surface area contributed by atoms with Crippen LogP contribution in [0.3, 0.4) is 0 Å². The van der Waals surface area contributed by atoms with Gasteiger partial charge in [0.2, 0.25) is 5.91 Å². The maximum Gasteiger partial charge on any atom is 0.223 e. The van der Waals surface area contributed by atoms with Gasteiger partial charge in [-0.2, -0.15) is 0 Å². The van der Waals surface area contributed by atoms with E-state index in [1.165, 1.54) is 45.2 Å². The number of carbonyl (C=O) groups is 1. The SMILES string of the molecule is O=C(NC1CCN2CCCC2C1)C1CC12CCNCC2. The average molecular weight is 277 g/mol. The maximum atomic E-state index is 12.5. The number of nitrogens with one attached hydrogen (secondary N) is 2. The lowest BCUT2D eigenvalue weighted by Gasteiger charge is -2.35. The van der Waals surface area contributed by atoms with Crippen LogP contribution in [0.5, 0.6) is 0 Å². The van der Waals surface area contributed by atoms with E-state index >= 15 is 0 Å². The summed E-state index contributed by atoms with van der Waals surface area (Å²) < 4.78 is 0. The molecule has 1 aliphatic carbocycles. The topological polar surface area (TPSA) is 44.4 Å². The molecule has 4 heteroatoms. The molecule has 112 valence electrons. The molecule has 4 nitrogen and oxygen atoms in total. The Morgan fingerprint density at radius 1 is 1.20 bits per heavy atom. The Morgan fingerprint density at radius 3 is 2.90 bits per heavy atom. The second-order valence-corrected chi connectivity index (χ2v) is 7.43. The molecule has 4 aliphatic rings. The smallest absolute Gasteiger partial charge is 0.223 e. The number of carbonyl (C=O) groups excluding carboxylic acids is 1. The molecule has 0 bridgehead atoms. The third kappa shape index (κ3) is 2.27. The molecule has 1 saturated carbocycles. The Labute approximate surface area is 121 Å². The minimum absolute atomic E-state index is 0.325. The molecule has 3 unspecified atom stereocenters. The molecule has 2 N–H and O–H groups in total. The highest BCUT2D eigenvalue weighted by Crippen LogP contribution is 2.58. The van der Waals surface area contributed by atoms with Gasteiger partial charge >= 0.3 is 0 Å². The van der Waals surface area contributed by atoms with Crippen molar-refractivity contribution in [3.05, 3.63) is 0 Å². The first-order chi connectivity index (χ1) is 9.77. The van der Waals surface area contributed by atoms with Gasteiger partial charge in [0.1, 0.15) is 0 Å². The average Bonchev–Trinajstić information content (AvgIpc) is 2.96. The van der Waals surface area contributed by atoms with Crippen LogP contribution in [-0.4, -0.2) is 49.1 Å². The summed E-state index contributed by atoms with van der Waals surface area (Å²) in [7, 11) is 0. The number of hydrogen-bond donors (Lipinski definition) is 2. The standard InChI is InChI=1S/C16H27N3O/c20-15(14-11-16(14)4-6-17-7-5-16)18-12-3-9-19-8-1-2-13(19)10-12/h12-14,17H,1-11H2,(H,18,20). The zero-order valence-corrected chi connectivity index (χ0v) is 12.4. The van der Waals surface area contributed by atoms with Gasteiger partial charge in [0.15, 0.2) is 0 Å². The highest BCUT2D eigenvalue weighted by molar-refractivity contribution is 5.82. The fraction of sp³-hybridized carbons (Fsp3) is 0.938. The Hall–Kier alpha value is -0.610. The molecule has 3 atom stereocenters. The summed E-state index contributed by atoms with van der Waals surface area (Å²) >= 11 is 0. The highest BCUT2D eigenvalue weighted by Gasteiger charge is 2.57. The van der Waals surface area contributed by atoms with E-state index in [0.717, 1.165) is 32.0 Å². The van der Waals surface area contributed by atoms with Crippen molar-refractivity contribution in [1.29, 1.82) is 0 Å². The number of hydrogen-bond acceptors (Lipinski definition) is 3. The monoisotopic (exact) mass is 277 g/mol. The summed E-state index contributed by atoms with van der Waals surface area (Å²) in [4.78, 5) is 15.1. The lowest BCUT2D eigenvalue weighted by atomic mass is 9.91. The van der Waals surface area contributed by atoms with Crippen molar-refractivity contribution < 1.29 is 4.79 Å². The zero-order chi connectivity index (χ0) is 13.6. The molecule has 3 saturated heterocycles. The number of amides is 1. The van der Waals surface area contributed by atoms with Gasteiger partial charge < -0.3 is 15.5 Å². The van der Waals surface area contributed by atoms with Gasteiger partial charge in [-0.15, -0.1) is 0 Å². The first-order valence-electron chi connectivity index (χ1n) is 8.52. The van der Waals surface area contributed by atoms with Crippen molar-refractivity contribution in [3.63, 3.8) is 0 Å². The second kappa shape index (κ2) is 4.99. The van der Waals surface area contributed by atoms with E-state index in [4.69, 9.17) is 0 Å². The number of nitrogens with zero attached hydrogens (tertiary/aromatic N) is 1. The minimum Gasteiger partial charge on any atom is -0.353 e. The van der Waals surface area contributed by atoms with Crippen LogP contribution in [0.2, 0.25) is 0 Å². The van der Waals surface area contributed by atoms with Crippen molar-refractivity contribution in [1.82, 2.24) is 15.5 Å². The molecule has 1 amide bonds. The van der Waals surface area contributed by atoms with Crippen molar-refractivity contribution in [2.75, 3.05) is 26.2 Å². The van der Waals surface area contributed by atoms with Crippen LogP contribution in [0.15, 0.2) is 0 Å². The van der Waals surface area contributed by atoms with Gasteiger partial charge in [0, 0.05) is 24.5 Å². The number of piperidine rings is 2. The minimum atomic E-state index is 0.325. The quantitative estimate of drug-likeness (QED) is 0.795. The lowest BCUT2D eigenvalue weighted by Crippen LogP contribution is -2.48. The van der Waals surface area contributed by atoms with Crippen molar-refractivity contribution in [3.8, 4) is 0 Å². The van der Waals surface area contributed by atoms with E-state index in [0.29, 0.717) is 23.3 Å². The third-order valence-electron chi connectivity index (χ3n) is 6.27. The molecule has 3 heterocycles. The van der Waals surface area contributed by atoms with Crippen molar-refractivity contribution >= 4 is 5.91 Å². The largest absolute Gasteiger partial charge is 0.353 e. The van der Waals surface area contributed by atoms with E-state index in [9.17, 15) is 4.79 Å². The van der Waals surface area contributed by atoms with Crippen molar-refractivity contribution in [2.45, 2.75) is 57.0 Å². The van der Waals surface area contributed by atoms with Crippen molar-refractivity contribution in [2.24, 2.45) is 11.3 Å². The molecule has 0 aromatic carbocycles. The van der Waals surface area contributed by atoms with Crippen LogP contribution in [0, 0.1) is 11.3 Å².